The van der Waals surface area contributed by atoms with Gasteiger partial charge in [0.15, 0.2) is 0 Å². The Labute approximate surface area is 206 Å². The maximum absolute atomic E-state index is 13.0. The van der Waals surface area contributed by atoms with Gasteiger partial charge in [0.1, 0.15) is 16.5 Å². The van der Waals surface area contributed by atoms with Crippen LogP contribution in [0.3, 0.4) is 0 Å². The SMILES string of the molecule is CCc1cccc(OC(=O)c2ccc(NC3=C(Cl)C(=O)N(c4ccc(Cl)cc4C)C3=O)cc2)c1. The molecule has 172 valence electrons. The monoisotopic (exact) mass is 494 g/mol. The molecular formula is C26H20Cl2N2O4. The van der Waals surface area contributed by atoms with Gasteiger partial charge in [0.05, 0.1) is 11.3 Å². The van der Waals surface area contributed by atoms with Gasteiger partial charge in [-0.25, -0.2) is 9.69 Å². The maximum Gasteiger partial charge on any atom is 0.343 e. The minimum atomic E-state index is -0.630. The minimum absolute atomic E-state index is 0.0484. The van der Waals surface area contributed by atoms with Gasteiger partial charge < -0.3 is 10.1 Å². The number of amides is 2. The number of carbonyl (C=O) groups is 3. The molecular weight excluding hydrogens is 475 g/mol. The second kappa shape index (κ2) is 9.71. The zero-order valence-corrected chi connectivity index (χ0v) is 19.9. The van der Waals surface area contributed by atoms with Crippen molar-refractivity contribution in [1.82, 2.24) is 0 Å². The molecule has 0 aromatic heterocycles. The summed E-state index contributed by atoms with van der Waals surface area (Å²) in [6.45, 7) is 3.77. The molecule has 0 atom stereocenters. The van der Waals surface area contributed by atoms with Crippen molar-refractivity contribution in [2.24, 2.45) is 0 Å². The van der Waals surface area contributed by atoms with Gasteiger partial charge in [-0.1, -0.05) is 42.3 Å². The topological polar surface area (TPSA) is 75.7 Å². The van der Waals surface area contributed by atoms with Gasteiger partial charge in [0.2, 0.25) is 0 Å². The predicted octanol–water partition coefficient (Wildman–Crippen LogP) is 5.87. The Balaban J connectivity index is 1.49. The summed E-state index contributed by atoms with van der Waals surface area (Å²) in [5.74, 6) is -1.25. The highest BCUT2D eigenvalue weighted by Crippen LogP contribution is 2.33. The third kappa shape index (κ3) is 4.69. The Morgan fingerprint density at radius 2 is 1.71 bits per heavy atom. The number of halogens is 2. The summed E-state index contributed by atoms with van der Waals surface area (Å²) in [6, 6.07) is 18.5. The number of nitrogens with zero attached hydrogens (tertiary/aromatic N) is 1. The van der Waals surface area contributed by atoms with E-state index in [1.54, 1.807) is 55.5 Å². The summed E-state index contributed by atoms with van der Waals surface area (Å²) < 4.78 is 5.44. The molecule has 0 spiro atoms. The van der Waals surface area contributed by atoms with Crippen LogP contribution < -0.4 is 15.0 Å². The standard InChI is InChI=1S/C26H20Cl2N2O4/c1-3-16-5-4-6-20(14-16)34-26(33)17-7-10-19(11-8-17)29-23-22(28)24(31)30(25(23)32)21-12-9-18(27)13-15(21)2/h4-14,29H,3H2,1-2H3. The first-order valence-electron chi connectivity index (χ1n) is 10.5. The summed E-state index contributed by atoms with van der Waals surface area (Å²) >= 11 is 12.2. The number of hydrogen-bond donors (Lipinski definition) is 1. The van der Waals surface area contributed by atoms with E-state index in [0.29, 0.717) is 33.3 Å². The molecule has 0 radical (unpaired) electrons. The van der Waals surface area contributed by atoms with Crippen molar-refractivity contribution in [3.05, 3.63) is 99.2 Å². The number of carbonyl (C=O) groups excluding carboxylic acids is 3. The fraction of sp³-hybridized carbons (Fsp3) is 0.115. The minimum Gasteiger partial charge on any atom is -0.423 e. The average Bonchev–Trinajstić information content (AvgIpc) is 3.03. The van der Waals surface area contributed by atoms with Gasteiger partial charge in [0, 0.05) is 10.7 Å². The molecule has 6 nitrogen and oxygen atoms in total. The van der Waals surface area contributed by atoms with Crippen molar-refractivity contribution in [3.8, 4) is 5.75 Å². The van der Waals surface area contributed by atoms with Gasteiger partial charge >= 0.3 is 5.97 Å². The highest BCUT2D eigenvalue weighted by Gasteiger charge is 2.39. The molecule has 3 aromatic rings. The molecule has 0 saturated heterocycles. The number of ether oxygens (including phenoxy) is 1. The predicted molar refractivity (Wildman–Crippen MR) is 132 cm³/mol. The molecule has 2 amide bonds. The lowest BCUT2D eigenvalue weighted by molar-refractivity contribution is -0.120. The molecule has 3 aromatic carbocycles. The van der Waals surface area contributed by atoms with E-state index >= 15 is 0 Å². The third-order valence-corrected chi connectivity index (χ3v) is 5.92. The molecule has 1 heterocycles. The van der Waals surface area contributed by atoms with Crippen LogP contribution in [-0.2, 0) is 16.0 Å². The van der Waals surface area contributed by atoms with E-state index in [9.17, 15) is 14.4 Å². The van der Waals surface area contributed by atoms with Crippen molar-refractivity contribution < 1.29 is 19.1 Å². The van der Waals surface area contributed by atoms with Crippen LogP contribution in [0.5, 0.6) is 5.75 Å². The zero-order valence-electron chi connectivity index (χ0n) is 18.4. The molecule has 1 N–H and O–H groups in total. The summed E-state index contributed by atoms with van der Waals surface area (Å²) in [6.07, 6.45) is 0.834. The van der Waals surface area contributed by atoms with E-state index in [2.05, 4.69) is 5.32 Å². The van der Waals surface area contributed by atoms with Crippen molar-refractivity contribution in [2.45, 2.75) is 20.3 Å². The summed E-state index contributed by atoms with van der Waals surface area (Å²) in [4.78, 5) is 39.2. The van der Waals surface area contributed by atoms with E-state index in [1.165, 1.54) is 0 Å². The van der Waals surface area contributed by atoms with Crippen molar-refractivity contribution in [3.63, 3.8) is 0 Å². The highest BCUT2D eigenvalue weighted by molar-refractivity contribution is 6.53. The normalized spacial score (nSPS) is 13.5. The molecule has 1 aliphatic heterocycles. The van der Waals surface area contributed by atoms with E-state index < -0.39 is 17.8 Å². The van der Waals surface area contributed by atoms with Crippen LogP contribution in [0.15, 0.2) is 77.5 Å². The summed E-state index contributed by atoms with van der Waals surface area (Å²) in [7, 11) is 0. The molecule has 0 saturated carbocycles. The number of benzene rings is 3. The van der Waals surface area contributed by atoms with E-state index in [-0.39, 0.29) is 10.7 Å². The van der Waals surface area contributed by atoms with Crippen LogP contribution in [0.4, 0.5) is 11.4 Å². The molecule has 0 bridgehead atoms. The number of imide groups is 1. The summed E-state index contributed by atoms with van der Waals surface area (Å²) in [5.41, 5.74) is 2.89. The smallest absolute Gasteiger partial charge is 0.343 e. The fourth-order valence-electron chi connectivity index (χ4n) is 3.53. The molecule has 1 aliphatic rings. The van der Waals surface area contributed by atoms with E-state index in [4.69, 9.17) is 27.9 Å². The molecule has 8 heteroatoms. The van der Waals surface area contributed by atoms with Gasteiger partial charge in [-0.2, -0.15) is 0 Å². The maximum atomic E-state index is 13.0. The molecule has 0 unspecified atom stereocenters. The van der Waals surface area contributed by atoms with Crippen molar-refractivity contribution >= 4 is 52.4 Å². The number of nitrogens with one attached hydrogen (secondary N) is 1. The second-order valence-electron chi connectivity index (χ2n) is 7.66. The van der Waals surface area contributed by atoms with Gasteiger partial charge in [0.25, 0.3) is 11.8 Å². The van der Waals surface area contributed by atoms with Crippen LogP contribution in [0.2, 0.25) is 5.02 Å². The van der Waals surface area contributed by atoms with E-state index in [0.717, 1.165) is 16.9 Å². The Morgan fingerprint density at radius 3 is 2.38 bits per heavy atom. The zero-order chi connectivity index (χ0) is 24.4. The summed E-state index contributed by atoms with van der Waals surface area (Å²) in [5, 5.41) is 3.16. The largest absolute Gasteiger partial charge is 0.423 e. The van der Waals surface area contributed by atoms with Gasteiger partial charge in [-0.15, -0.1) is 0 Å². The average molecular weight is 495 g/mol. The Bertz CT molecular complexity index is 1330. The first-order chi connectivity index (χ1) is 16.3. The van der Waals surface area contributed by atoms with Crippen LogP contribution in [0.1, 0.15) is 28.4 Å². The fourth-order valence-corrected chi connectivity index (χ4v) is 3.97. The Hall–Kier alpha value is -3.61. The third-order valence-electron chi connectivity index (χ3n) is 5.33. The van der Waals surface area contributed by atoms with Crippen LogP contribution in [-0.4, -0.2) is 17.8 Å². The number of hydrogen-bond acceptors (Lipinski definition) is 5. The van der Waals surface area contributed by atoms with Crippen molar-refractivity contribution in [2.75, 3.05) is 10.2 Å². The lowest BCUT2D eigenvalue weighted by atomic mass is 10.1. The first kappa shape index (κ1) is 23.5. The lowest BCUT2D eigenvalue weighted by Gasteiger charge is -2.17. The Morgan fingerprint density at radius 1 is 0.971 bits per heavy atom. The first-order valence-corrected chi connectivity index (χ1v) is 11.3. The molecule has 34 heavy (non-hydrogen) atoms. The van der Waals surface area contributed by atoms with Crippen LogP contribution >= 0.6 is 23.2 Å². The van der Waals surface area contributed by atoms with Gasteiger partial charge in [-0.3, -0.25) is 9.59 Å². The van der Waals surface area contributed by atoms with Crippen molar-refractivity contribution in [1.29, 1.82) is 0 Å². The Kier molecular flexibility index (Phi) is 6.72. The second-order valence-corrected chi connectivity index (χ2v) is 8.47. The molecule has 4 rings (SSSR count). The number of esters is 1. The van der Waals surface area contributed by atoms with Crippen LogP contribution in [0, 0.1) is 6.92 Å². The van der Waals surface area contributed by atoms with Gasteiger partial charge in [-0.05, 0) is 79.1 Å². The molecule has 0 aliphatic carbocycles. The number of anilines is 2. The quantitative estimate of drug-likeness (QED) is 0.263. The highest BCUT2D eigenvalue weighted by atomic mass is 35.5. The number of rotatable bonds is 6. The van der Waals surface area contributed by atoms with Crippen LogP contribution in [0.25, 0.3) is 0 Å². The lowest BCUT2D eigenvalue weighted by Crippen LogP contribution is -2.32. The molecule has 0 fully saturated rings. The number of aryl methyl sites for hydroxylation is 2. The van der Waals surface area contributed by atoms with E-state index in [1.807, 2.05) is 25.1 Å².